The quantitative estimate of drug-likeness (QED) is 0.352. The number of hydrogen-bond donors (Lipinski definition) is 1. The summed E-state index contributed by atoms with van der Waals surface area (Å²) in [5, 5.41) is 0. The molecule has 204 valence electrons. The molecule has 0 radical (unpaired) electrons. The number of nitrogens with two attached hydrogens (primary N) is 1. The van der Waals surface area contributed by atoms with Gasteiger partial charge in [-0.05, 0) is 67.7 Å². The molecule has 1 fully saturated rings. The van der Waals surface area contributed by atoms with E-state index in [0.29, 0.717) is 22.7 Å². The first-order valence-corrected chi connectivity index (χ1v) is 12.9. The number of carbonyl (C=O) groups excluding carboxylic acids is 1. The largest absolute Gasteiger partial charge is 0.755 e. The first-order chi connectivity index (χ1) is 17.2. The molecular formula is C25H30F4N3O4S-. The first kappa shape index (κ1) is 28.8. The fraction of sp³-hybridized carbons (Fsp3) is 0.520. The van der Waals surface area contributed by atoms with Gasteiger partial charge in [0.25, 0.3) is 0 Å². The molecule has 1 aromatic carbocycles. The molecule has 1 saturated carbocycles. The molecule has 37 heavy (non-hydrogen) atoms. The molecule has 2 aromatic rings. The lowest BCUT2D eigenvalue weighted by atomic mass is 9.76. The van der Waals surface area contributed by atoms with Crippen molar-refractivity contribution in [1.29, 1.82) is 0 Å². The van der Waals surface area contributed by atoms with Gasteiger partial charge in [-0.15, -0.1) is 0 Å². The minimum absolute atomic E-state index is 0.0541. The van der Waals surface area contributed by atoms with E-state index >= 15 is 0 Å². The minimum atomic E-state index is -4.65. The maximum Gasteiger partial charge on any atom is 0.433 e. The number of hydrogen-bond acceptors (Lipinski definition) is 5. The van der Waals surface area contributed by atoms with Gasteiger partial charge >= 0.3 is 6.18 Å². The molecule has 0 bridgehead atoms. The van der Waals surface area contributed by atoms with E-state index in [2.05, 4.69) is 18.8 Å². The molecule has 1 aliphatic rings. The Balaban J connectivity index is 1.84. The highest BCUT2D eigenvalue weighted by atomic mass is 32.2. The average Bonchev–Trinajstić information content (AvgIpc) is 2.80. The maximum atomic E-state index is 14.6. The number of amides is 1. The summed E-state index contributed by atoms with van der Waals surface area (Å²) in [6.45, 7) is 4.27. The highest BCUT2D eigenvalue weighted by Crippen LogP contribution is 2.38. The van der Waals surface area contributed by atoms with Gasteiger partial charge in [-0.2, -0.15) is 13.2 Å². The minimum Gasteiger partial charge on any atom is -0.755 e. The van der Waals surface area contributed by atoms with Crippen molar-refractivity contribution in [2.45, 2.75) is 70.6 Å². The van der Waals surface area contributed by atoms with Crippen molar-refractivity contribution in [3.63, 3.8) is 0 Å². The molecule has 0 saturated heterocycles. The Kier molecular flexibility index (Phi) is 8.84. The predicted molar refractivity (Wildman–Crippen MR) is 130 cm³/mol. The SMILES string of the molecule is CN(c1ccc(C(CCc2ccc(C(F)(F)F)nc2OC2CCC(C)(C)CC2)C(N)=O)cc1F)S(=O)[O-]. The van der Waals surface area contributed by atoms with Gasteiger partial charge < -0.3 is 19.3 Å². The number of rotatable bonds is 9. The lowest BCUT2D eigenvalue weighted by Gasteiger charge is -2.34. The molecular weight excluding hydrogens is 514 g/mol. The molecule has 1 aromatic heterocycles. The van der Waals surface area contributed by atoms with Crippen LogP contribution in [0.25, 0.3) is 0 Å². The lowest BCUT2D eigenvalue weighted by molar-refractivity contribution is -0.141. The maximum absolute atomic E-state index is 14.6. The number of pyridine rings is 1. The molecule has 2 atom stereocenters. The fourth-order valence-corrected chi connectivity index (χ4v) is 4.73. The number of primary amides is 1. The summed E-state index contributed by atoms with van der Waals surface area (Å²) in [5.74, 6) is -2.73. The predicted octanol–water partition coefficient (Wildman–Crippen LogP) is 5.02. The standard InChI is InChI=1S/C25H31F4N3O4S/c1-24(2)12-10-17(11-13-24)36-23-15(6-9-21(31-23)25(27,28)29)4-7-18(22(30)33)16-5-8-20(19(26)14-16)32(3)37(34)35/h5-6,8-9,14,17-18H,4,7,10-13H2,1-3H3,(H2,30,33)(H,34,35)/p-1. The van der Waals surface area contributed by atoms with E-state index in [1.165, 1.54) is 25.2 Å². The highest BCUT2D eigenvalue weighted by molar-refractivity contribution is 7.80. The van der Waals surface area contributed by atoms with Crippen LogP contribution in [0.5, 0.6) is 5.88 Å². The van der Waals surface area contributed by atoms with E-state index in [4.69, 9.17) is 10.5 Å². The monoisotopic (exact) mass is 544 g/mol. The molecule has 12 heteroatoms. The van der Waals surface area contributed by atoms with Crippen LogP contribution in [0.15, 0.2) is 30.3 Å². The van der Waals surface area contributed by atoms with Crippen LogP contribution in [0.1, 0.15) is 68.7 Å². The zero-order valence-corrected chi connectivity index (χ0v) is 21.6. The Morgan fingerprint density at radius 1 is 1.27 bits per heavy atom. The topological polar surface area (TPSA) is 109 Å². The first-order valence-electron chi connectivity index (χ1n) is 11.8. The van der Waals surface area contributed by atoms with Crippen molar-refractivity contribution in [2.24, 2.45) is 11.1 Å². The van der Waals surface area contributed by atoms with Crippen molar-refractivity contribution >= 4 is 22.9 Å². The Labute approximate surface area is 215 Å². The molecule has 1 amide bonds. The Morgan fingerprint density at radius 2 is 1.92 bits per heavy atom. The number of nitrogens with zero attached hydrogens (tertiary/aromatic N) is 2. The second kappa shape index (κ2) is 11.3. The molecule has 0 aliphatic heterocycles. The molecule has 7 nitrogen and oxygen atoms in total. The number of halogens is 4. The van der Waals surface area contributed by atoms with E-state index < -0.39 is 40.8 Å². The summed E-state index contributed by atoms with van der Waals surface area (Å²) in [5.41, 5.74) is 5.01. The summed E-state index contributed by atoms with van der Waals surface area (Å²) in [4.78, 5) is 15.9. The zero-order chi connectivity index (χ0) is 27.5. The van der Waals surface area contributed by atoms with Gasteiger partial charge in [0.2, 0.25) is 11.8 Å². The van der Waals surface area contributed by atoms with Crippen LogP contribution in [-0.2, 0) is 28.7 Å². The number of aryl methyl sites for hydroxylation is 1. The van der Waals surface area contributed by atoms with Crippen molar-refractivity contribution in [3.05, 3.63) is 53.0 Å². The second-order valence-corrected chi connectivity index (χ2v) is 11.0. The molecule has 0 spiro atoms. The number of carbonyl (C=O) groups is 1. The third-order valence-corrected chi connectivity index (χ3v) is 7.42. The fourth-order valence-electron chi connectivity index (χ4n) is 4.42. The second-order valence-electron chi connectivity index (χ2n) is 10.1. The van der Waals surface area contributed by atoms with Gasteiger partial charge in [-0.25, -0.2) is 9.37 Å². The van der Waals surface area contributed by atoms with Crippen LogP contribution in [0, 0.1) is 11.2 Å². The molecule has 1 heterocycles. The highest BCUT2D eigenvalue weighted by Gasteiger charge is 2.34. The van der Waals surface area contributed by atoms with Crippen LogP contribution >= 0.6 is 0 Å². The zero-order valence-electron chi connectivity index (χ0n) is 20.8. The Morgan fingerprint density at radius 3 is 2.46 bits per heavy atom. The van der Waals surface area contributed by atoms with Gasteiger partial charge in [0.1, 0.15) is 17.6 Å². The third kappa shape index (κ3) is 7.41. The van der Waals surface area contributed by atoms with Crippen molar-refractivity contribution in [3.8, 4) is 5.88 Å². The van der Waals surface area contributed by atoms with Gasteiger partial charge in [-0.1, -0.05) is 26.0 Å². The molecule has 2 N–H and O–H groups in total. The Bertz CT molecular complexity index is 1150. The van der Waals surface area contributed by atoms with E-state index in [9.17, 15) is 31.1 Å². The normalized spacial score (nSPS) is 17.7. The van der Waals surface area contributed by atoms with Gasteiger partial charge in [0.15, 0.2) is 0 Å². The number of alkyl halides is 3. The van der Waals surface area contributed by atoms with E-state index in [1.54, 1.807) is 0 Å². The van der Waals surface area contributed by atoms with E-state index in [1.807, 2.05) is 0 Å². The molecule has 2 unspecified atom stereocenters. The van der Waals surface area contributed by atoms with E-state index in [0.717, 1.165) is 25.0 Å². The molecule has 3 rings (SSSR count). The Hall–Kier alpha value is -2.73. The van der Waals surface area contributed by atoms with Crippen molar-refractivity contribution in [2.75, 3.05) is 11.4 Å². The van der Waals surface area contributed by atoms with E-state index in [-0.39, 0.29) is 41.5 Å². The number of benzene rings is 1. The summed E-state index contributed by atoms with van der Waals surface area (Å²) < 4.78 is 83.5. The van der Waals surface area contributed by atoms with Gasteiger partial charge in [0, 0.05) is 23.9 Å². The van der Waals surface area contributed by atoms with Gasteiger partial charge in [-0.3, -0.25) is 9.00 Å². The summed E-state index contributed by atoms with van der Waals surface area (Å²) in [6, 6.07) is 5.77. The van der Waals surface area contributed by atoms with Crippen LogP contribution in [-0.4, -0.2) is 32.8 Å². The van der Waals surface area contributed by atoms with Crippen molar-refractivity contribution in [1.82, 2.24) is 4.98 Å². The lowest BCUT2D eigenvalue weighted by Crippen LogP contribution is -2.29. The van der Waals surface area contributed by atoms with Crippen LogP contribution in [0.4, 0.5) is 23.2 Å². The number of ether oxygens (including phenoxy) is 1. The van der Waals surface area contributed by atoms with Crippen LogP contribution in [0.3, 0.4) is 0 Å². The average molecular weight is 545 g/mol. The third-order valence-electron chi connectivity index (χ3n) is 6.78. The number of anilines is 1. The smallest absolute Gasteiger partial charge is 0.433 e. The molecule has 1 aliphatic carbocycles. The van der Waals surface area contributed by atoms with Crippen molar-refractivity contribution < 1.29 is 35.9 Å². The van der Waals surface area contributed by atoms with Crippen LogP contribution < -0.4 is 14.8 Å². The van der Waals surface area contributed by atoms with Gasteiger partial charge in [0.05, 0.1) is 11.6 Å². The number of aromatic nitrogens is 1. The summed E-state index contributed by atoms with van der Waals surface area (Å²) in [6.07, 6.45) is -1.68. The summed E-state index contributed by atoms with van der Waals surface area (Å²) in [7, 11) is 1.17. The summed E-state index contributed by atoms with van der Waals surface area (Å²) >= 11 is -2.69. The van der Waals surface area contributed by atoms with Crippen LogP contribution in [0.2, 0.25) is 0 Å².